The van der Waals surface area contributed by atoms with Crippen LogP contribution in [0.15, 0.2) is 24.3 Å². The second-order valence-electron chi connectivity index (χ2n) is 6.83. The fourth-order valence-corrected chi connectivity index (χ4v) is 4.43. The maximum absolute atomic E-state index is 12.6. The quantitative estimate of drug-likeness (QED) is 0.910. The minimum atomic E-state index is -0.0103. The molecular weight excluding hydrogens is 336 g/mol. The first-order valence-electron chi connectivity index (χ1n) is 8.73. The Morgan fingerprint density at radius 1 is 1.24 bits per heavy atom. The highest BCUT2D eigenvalue weighted by Gasteiger charge is 2.40. The van der Waals surface area contributed by atoms with Crippen molar-refractivity contribution in [3.05, 3.63) is 34.8 Å². The molecule has 3 aliphatic rings. The molecule has 1 aromatic carbocycles. The van der Waals surface area contributed by atoms with Gasteiger partial charge in [-0.15, -0.1) is 5.10 Å². The highest BCUT2D eigenvalue weighted by Crippen LogP contribution is 2.32. The lowest BCUT2D eigenvalue weighted by Crippen LogP contribution is -2.62. The van der Waals surface area contributed by atoms with Gasteiger partial charge >= 0.3 is 0 Å². The second kappa shape index (κ2) is 6.72. The van der Waals surface area contributed by atoms with E-state index in [1.165, 1.54) is 24.2 Å². The molecule has 0 saturated carbocycles. The molecule has 2 unspecified atom stereocenters. The number of aryl methyl sites for hydroxylation is 1. The Kier molecular flexibility index (Phi) is 4.43. The largest absolute Gasteiger partial charge is 0.430 e. The molecule has 1 aromatic heterocycles. The number of hydrogen-bond donors (Lipinski definition) is 1. The zero-order valence-electron chi connectivity index (χ0n) is 14.4. The molecule has 2 atom stereocenters. The van der Waals surface area contributed by atoms with E-state index in [-0.39, 0.29) is 11.9 Å². The van der Waals surface area contributed by atoms with Crippen LogP contribution in [0.4, 0.5) is 0 Å². The van der Waals surface area contributed by atoms with E-state index in [9.17, 15) is 4.79 Å². The van der Waals surface area contributed by atoms with Crippen molar-refractivity contribution >= 4 is 17.2 Å². The molecule has 0 spiro atoms. The monoisotopic (exact) mass is 358 g/mol. The summed E-state index contributed by atoms with van der Waals surface area (Å²) in [5.74, 6) is 1.25. The first kappa shape index (κ1) is 16.5. The molecule has 1 amide bonds. The van der Waals surface area contributed by atoms with Crippen molar-refractivity contribution in [2.75, 3.05) is 13.1 Å². The number of carbonyl (C=O) groups is 1. The second-order valence-corrected chi connectivity index (χ2v) is 7.97. The summed E-state index contributed by atoms with van der Waals surface area (Å²) < 4.78 is 5.65. The topological polar surface area (TPSA) is 67.3 Å². The Labute approximate surface area is 151 Å². The van der Waals surface area contributed by atoms with E-state index in [0.717, 1.165) is 18.1 Å². The lowest BCUT2D eigenvalue weighted by Gasteiger charge is -2.49. The van der Waals surface area contributed by atoms with Gasteiger partial charge in [0.15, 0.2) is 0 Å². The third kappa shape index (κ3) is 3.39. The van der Waals surface area contributed by atoms with Gasteiger partial charge in [0.25, 0.3) is 11.1 Å². The number of nitrogens with zero attached hydrogens (tertiary/aromatic N) is 3. The number of aromatic nitrogens is 2. The number of piperidine rings is 3. The minimum Gasteiger partial charge on any atom is -0.430 e. The van der Waals surface area contributed by atoms with Crippen LogP contribution >= 0.6 is 11.3 Å². The van der Waals surface area contributed by atoms with Gasteiger partial charge in [-0.05, 0) is 70.0 Å². The SMILES string of the molecule is Cc1nnc(Oc2ccc(C(=O)NC3C4CCN(CC4)C3C)cc2)s1. The van der Waals surface area contributed by atoms with Crippen molar-refractivity contribution in [3.8, 4) is 10.9 Å². The lowest BCUT2D eigenvalue weighted by atomic mass is 9.79. The average Bonchev–Trinajstić information content (AvgIpc) is 3.04. The molecule has 4 heterocycles. The highest BCUT2D eigenvalue weighted by atomic mass is 32.1. The molecule has 2 bridgehead atoms. The summed E-state index contributed by atoms with van der Waals surface area (Å²) in [6.07, 6.45) is 2.37. The van der Waals surface area contributed by atoms with Gasteiger partial charge in [0.2, 0.25) is 0 Å². The molecule has 6 nitrogen and oxygen atoms in total. The van der Waals surface area contributed by atoms with Gasteiger partial charge in [-0.2, -0.15) is 0 Å². The predicted molar refractivity (Wildman–Crippen MR) is 96.2 cm³/mol. The van der Waals surface area contributed by atoms with Crippen LogP contribution in [0.3, 0.4) is 0 Å². The normalized spacial score (nSPS) is 27.9. The van der Waals surface area contributed by atoms with Crippen LogP contribution in [0.5, 0.6) is 10.9 Å². The predicted octanol–water partition coefficient (Wildman–Crippen LogP) is 2.85. The third-order valence-corrected chi connectivity index (χ3v) is 6.02. The van der Waals surface area contributed by atoms with E-state index >= 15 is 0 Å². The Hall–Kier alpha value is -1.99. The van der Waals surface area contributed by atoms with Crippen molar-refractivity contribution < 1.29 is 9.53 Å². The van der Waals surface area contributed by atoms with Crippen LogP contribution in [0, 0.1) is 12.8 Å². The Bertz CT molecular complexity index is 751. The van der Waals surface area contributed by atoms with E-state index in [4.69, 9.17) is 4.74 Å². The van der Waals surface area contributed by atoms with Gasteiger partial charge in [-0.1, -0.05) is 16.4 Å². The van der Waals surface area contributed by atoms with E-state index < -0.39 is 0 Å². The summed E-state index contributed by atoms with van der Waals surface area (Å²) in [6, 6.07) is 7.85. The molecule has 2 aromatic rings. The number of hydrogen-bond acceptors (Lipinski definition) is 6. The van der Waals surface area contributed by atoms with Gasteiger partial charge in [-0.25, -0.2) is 0 Å². The van der Waals surface area contributed by atoms with Gasteiger partial charge in [0, 0.05) is 17.6 Å². The first-order valence-corrected chi connectivity index (χ1v) is 9.55. The molecule has 0 aliphatic carbocycles. The van der Waals surface area contributed by atoms with Crippen LogP contribution in [-0.4, -0.2) is 46.2 Å². The maximum Gasteiger partial charge on any atom is 0.299 e. The van der Waals surface area contributed by atoms with Crippen LogP contribution in [-0.2, 0) is 0 Å². The van der Waals surface area contributed by atoms with Gasteiger partial charge < -0.3 is 10.1 Å². The first-order chi connectivity index (χ1) is 12.1. The summed E-state index contributed by atoms with van der Waals surface area (Å²) in [4.78, 5) is 15.1. The van der Waals surface area contributed by atoms with Crippen molar-refractivity contribution in [1.82, 2.24) is 20.4 Å². The standard InChI is InChI=1S/C18H22N4O2S/c1-11-16(13-7-9-22(11)10-8-13)19-17(23)14-3-5-15(6-4-14)24-18-21-20-12(2)25-18/h3-6,11,13,16H,7-10H2,1-2H3,(H,19,23). The smallest absolute Gasteiger partial charge is 0.299 e. The number of nitrogens with one attached hydrogen (secondary N) is 1. The molecule has 25 heavy (non-hydrogen) atoms. The van der Waals surface area contributed by atoms with Crippen LogP contribution in [0.25, 0.3) is 0 Å². The van der Waals surface area contributed by atoms with Crippen molar-refractivity contribution in [2.45, 2.75) is 38.8 Å². The number of fused-ring (bicyclic) bond motifs is 3. The molecule has 5 rings (SSSR count). The maximum atomic E-state index is 12.6. The number of ether oxygens (including phenoxy) is 1. The zero-order chi connectivity index (χ0) is 17.4. The molecular formula is C18H22N4O2S. The molecule has 1 N–H and O–H groups in total. The van der Waals surface area contributed by atoms with Crippen molar-refractivity contribution in [2.24, 2.45) is 5.92 Å². The zero-order valence-corrected chi connectivity index (χ0v) is 15.3. The third-order valence-electron chi connectivity index (χ3n) is 5.30. The number of rotatable bonds is 4. The summed E-state index contributed by atoms with van der Waals surface area (Å²) >= 11 is 1.40. The number of amides is 1. The number of carbonyl (C=O) groups excluding carboxylic acids is 1. The van der Waals surface area contributed by atoms with Crippen molar-refractivity contribution in [1.29, 1.82) is 0 Å². The lowest BCUT2D eigenvalue weighted by molar-refractivity contribution is 0.0217. The fraction of sp³-hybridized carbons (Fsp3) is 0.500. The van der Waals surface area contributed by atoms with Gasteiger partial charge in [0.1, 0.15) is 10.8 Å². The highest BCUT2D eigenvalue weighted by molar-refractivity contribution is 7.13. The molecule has 7 heteroatoms. The van der Waals surface area contributed by atoms with Crippen LogP contribution in [0.1, 0.15) is 35.1 Å². The summed E-state index contributed by atoms with van der Waals surface area (Å²) in [7, 11) is 0. The molecule has 0 radical (unpaired) electrons. The summed E-state index contributed by atoms with van der Waals surface area (Å²) in [5, 5.41) is 12.5. The summed E-state index contributed by atoms with van der Waals surface area (Å²) in [6.45, 7) is 6.43. The molecule has 132 valence electrons. The number of benzene rings is 1. The Morgan fingerprint density at radius 3 is 2.56 bits per heavy atom. The fourth-order valence-electron chi connectivity index (χ4n) is 3.87. The van der Waals surface area contributed by atoms with E-state index in [1.807, 2.05) is 6.92 Å². The molecule has 3 saturated heterocycles. The van der Waals surface area contributed by atoms with E-state index in [2.05, 4.69) is 27.3 Å². The van der Waals surface area contributed by atoms with Crippen LogP contribution in [0.2, 0.25) is 0 Å². The minimum absolute atomic E-state index is 0.0103. The van der Waals surface area contributed by atoms with Crippen molar-refractivity contribution in [3.63, 3.8) is 0 Å². The van der Waals surface area contributed by atoms with E-state index in [1.54, 1.807) is 24.3 Å². The Morgan fingerprint density at radius 2 is 1.96 bits per heavy atom. The average molecular weight is 358 g/mol. The Balaban J connectivity index is 1.40. The van der Waals surface area contributed by atoms with Crippen LogP contribution < -0.4 is 10.1 Å². The van der Waals surface area contributed by atoms with Gasteiger partial charge in [0.05, 0.1) is 0 Å². The van der Waals surface area contributed by atoms with Gasteiger partial charge in [-0.3, -0.25) is 9.69 Å². The molecule has 3 fully saturated rings. The molecule has 3 aliphatic heterocycles. The summed E-state index contributed by atoms with van der Waals surface area (Å²) in [5.41, 5.74) is 0.657. The van der Waals surface area contributed by atoms with E-state index in [0.29, 0.717) is 28.5 Å².